The Morgan fingerprint density at radius 1 is 0.656 bits per heavy atom. The summed E-state index contributed by atoms with van der Waals surface area (Å²) < 4.78 is 2.42. The van der Waals surface area contributed by atoms with Gasteiger partial charge in [0.1, 0.15) is 0 Å². The molecular weight excluding hydrogens is 388 g/mol. The van der Waals surface area contributed by atoms with Gasteiger partial charge in [0.25, 0.3) is 0 Å². The molecule has 0 saturated heterocycles. The average molecular weight is 406 g/mol. The molecule has 2 nitrogen and oxygen atoms in total. The Hall–Kier alpha value is -4.35. The highest BCUT2D eigenvalue weighted by Gasteiger charge is 2.18. The molecule has 0 atom stereocenters. The number of rotatable bonds is 1. The zero-order chi connectivity index (χ0) is 21.4. The van der Waals surface area contributed by atoms with Gasteiger partial charge in [-0.2, -0.15) is 5.26 Å². The standard InChI is InChI=1S/C30H18N2/c1-18-9-10-19(17-31)13-25(18)22-11-12-28-26(15-22)23-7-4-8-24-27-14-20-5-2-3-6-21(20)16-29(27)32(28)30(23)24/h2-16H,1H3. The summed E-state index contributed by atoms with van der Waals surface area (Å²) in [5.74, 6) is 0. The highest BCUT2D eigenvalue weighted by molar-refractivity contribution is 6.24. The van der Waals surface area contributed by atoms with Gasteiger partial charge in [-0.1, -0.05) is 54.6 Å². The number of hydrogen-bond donors (Lipinski definition) is 0. The van der Waals surface area contributed by atoms with Gasteiger partial charge in [-0.3, -0.25) is 0 Å². The molecular formula is C30H18N2. The maximum atomic E-state index is 9.37. The third-order valence-corrected chi connectivity index (χ3v) is 6.86. The molecule has 0 aliphatic heterocycles. The van der Waals surface area contributed by atoms with Gasteiger partial charge in [0, 0.05) is 21.5 Å². The number of aryl methyl sites for hydroxylation is 1. The van der Waals surface area contributed by atoms with Crippen LogP contribution in [0, 0.1) is 18.3 Å². The van der Waals surface area contributed by atoms with Gasteiger partial charge >= 0.3 is 0 Å². The molecule has 32 heavy (non-hydrogen) atoms. The average Bonchev–Trinajstić information content (AvgIpc) is 3.34. The molecule has 0 aliphatic carbocycles. The molecule has 148 valence electrons. The maximum absolute atomic E-state index is 9.37. The molecule has 0 amide bonds. The summed E-state index contributed by atoms with van der Waals surface area (Å²) in [6.07, 6.45) is 0. The number of aromatic nitrogens is 1. The van der Waals surface area contributed by atoms with Gasteiger partial charge in [0.2, 0.25) is 0 Å². The number of hydrogen-bond acceptors (Lipinski definition) is 1. The number of nitrogens with zero attached hydrogens (tertiary/aromatic N) is 2. The summed E-state index contributed by atoms with van der Waals surface area (Å²) in [5, 5.41) is 17.0. The quantitative estimate of drug-likeness (QED) is 0.273. The third kappa shape index (κ3) is 2.18. The Bertz CT molecular complexity index is 1900. The first-order chi connectivity index (χ1) is 15.7. The van der Waals surface area contributed by atoms with Gasteiger partial charge in [-0.15, -0.1) is 0 Å². The van der Waals surface area contributed by atoms with Crippen LogP contribution in [-0.2, 0) is 0 Å². The molecule has 0 saturated carbocycles. The Kier molecular flexibility index (Phi) is 3.30. The summed E-state index contributed by atoms with van der Waals surface area (Å²) in [7, 11) is 0. The summed E-state index contributed by atoms with van der Waals surface area (Å²) >= 11 is 0. The number of fused-ring (bicyclic) bond motifs is 7. The van der Waals surface area contributed by atoms with E-state index in [1.807, 2.05) is 18.2 Å². The van der Waals surface area contributed by atoms with Gasteiger partial charge in [0.15, 0.2) is 0 Å². The zero-order valence-corrected chi connectivity index (χ0v) is 17.6. The van der Waals surface area contributed by atoms with Gasteiger partial charge in [-0.05, 0) is 70.8 Å². The van der Waals surface area contributed by atoms with Gasteiger partial charge in [-0.25, -0.2) is 0 Å². The molecule has 7 rings (SSSR count). The van der Waals surface area contributed by atoms with Gasteiger partial charge in [0.05, 0.1) is 28.2 Å². The van der Waals surface area contributed by atoms with Crippen LogP contribution in [0.15, 0.2) is 91.0 Å². The van der Waals surface area contributed by atoms with Gasteiger partial charge < -0.3 is 4.40 Å². The lowest BCUT2D eigenvalue weighted by Crippen LogP contribution is -1.86. The molecule has 5 aromatic carbocycles. The fraction of sp³-hybridized carbons (Fsp3) is 0.0333. The number of nitriles is 1. The lowest BCUT2D eigenvalue weighted by molar-refractivity contribution is 1.37. The lowest BCUT2D eigenvalue weighted by atomic mass is 9.96. The fourth-order valence-corrected chi connectivity index (χ4v) is 5.34. The van der Waals surface area contributed by atoms with Crippen LogP contribution in [0.3, 0.4) is 0 Å². The molecule has 2 heteroatoms. The minimum Gasteiger partial charge on any atom is -0.308 e. The molecule has 2 heterocycles. The predicted octanol–water partition coefficient (Wildman–Crippen LogP) is 7.84. The van der Waals surface area contributed by atoms with Crippen molar-refractivity contribution in [2.45, 2.75) is 6.92 Å². The van der Waals surface area contributed by atoms with Crippen LogP contribution < -0.4 is 0 Å². The molecule has 0 fully saturated rings. The predicted molar refractivity (Wildman–Crippen MR) is 133 cm³/mol. The van der Waals surface area contributed by atoms with E-state index >= 15 is 0 Å². The largest absolute Gasteiger partial charge is 0.308 e. The second-order valence-electron chi connectivity index (χ2n) is 8.63. The monoisotopic (exact) mass is 406 g/mol. The van der Waals surface area contributed by atoms with Crippen LogP contribution >= 0.6 is 0 Å². The maximum Gasteiger partial charge on any atom is 0.0991 e. The Morgan fingerprint density at radius 3 is 2.19 bits per heavy atom. The van der Waals surface area contributed by atoms with Crippen molar-refractivity contribution in [1.82, 2.24) is 4.40 Å². The SMILES string of the molecule is Cc1ccc(C#N)cc1-c1ccc2c(c1)c1cccc3c4cc5ccccc5cc4n2c13. The molecule has 7 aromatic rings. The lowest BCUT2D eigenvalue weighted by Gasteiger charge is -2.08. The van der Waals surface area contributed by atoms with Crippen molar-refractivity contribution in [2.24, 2.45) is 0 Å². The zero-order valence-electron chi connectivity index (χ0n) is 17.6. The van der Waals surface area contributed by atoms with Crippen molar-refractivity contribution in [1.29, 1.82) is 5.26 Å². The van der Waals surface area contributed by atoms with E-state index in [0.717, 1.165) is 11.1 Å². The van der Waals surface area contributed by atoms with Crippen LogP contribution in [0.5, 0.6) is 0 Å². The summed E-state index contributed by atoms with van der Waals surface area (Å²) in [6, 6.07) is 34.7. The van der Waals surface area contributed by atoms with E-state index in [9.17, 15) is 5.26 Å². The topological polar surface area (TPSA) is 28.2 Å². The van der Waals surface area contributed by atoms with Crippen LogP contribution in [0.2, 0.25) is 0 Å². The second-order valence-corrected chi connectivity index (χ2v) is 8.63. The van der Waals surface area contributed by atoms with E-state index in [2.05, 4.69) is 90.2 Å². The second kappa shape index (κ2) is 6.09. The smallest absolute Gasteiger partial charge is 0.0991 e. The highest BCUT2D eigenvalue weighted by atomic mass is 14.9. The normalized spacial score (nSPS) is 11.9. The van der Waals surface area contributed by atoms with Crippen molar-refractivity contribution in [3.05, 3.63) is 102 Å². The molecule has 0 spiro atoms. The number of benzene rings is 5. The Balaban J connectivity index is 1.62. The van der Waals surface area contributed by atoms with Crippen molar-refractivity contribution >= 4 is 48.9 Å². The van der Waals surface area contributed by atoms with E-state index in [1.165, 1.54) is 54.4 Å². The van der Waals surface area contributed by atoms with Crippen molar-refractivity contribution in [2.75, 3.05) is 0 Å². The first kappa shape index (κ1) is 17.3. The summed E-state index contributed by atoms with van der Waals surface area (Å²) in [5.41, 5.74) is 7.89. The Morgan fingerprint density at radius 2 is 1.41 bits per heavy atom. The van der Waals surface area contributed by atoms with E-state index < -0.39 is 0 Å². The Labute approximate surface area is 184 Å². The molecule has 0 aliphatic rings. The van der Waals surface area contributed by atoms with Crippen LogP contribution in [0.1, 0.15) is 11.1 Å². The molecule has 0 radical (unpaired) electrons. The molecule has 0 N–H and O–H groups in total. The van der Waals surface area contributed by atoms with Crippen LogP contribution in [-0.4, -0.2) is 4.40 Å². The minimum absolute atomic E-state index is 0.692. The van der Waals surface area contributed by atoms with E-state index in [0.29, 0.717) is 5.56 Å². The summed E-state index contributed by atoms with van der Waals surface area (Å²) in [4.78, 5) is 0. The van der Waals surface area contributed by atoms with E-state index in [-0.39, 0.29) is 0 Å². The fourth-order valence-electron chi connectivity index (χ4n) is 5.34. The molecule has 0 unspecified atom stereocenters. The van der Waals surface area contributed by atoms with Crippen molar-refractivity contribution in [3.8, 4) is 17.2 Å². The third-order valence-electron chi connectivity index (χ3n) is 6.86. The highest BCUT2D eigenvalue weighted by Crippen LogP contribution is 2.41. The first-order valence-corrected chi connectivity index (χ1v) is 10.8. The van der Waals surface area contributed by atoms with E-state index in [1.54, 1.807) is 0 Å². The van der Waals surface area contributed by atoms with Crippen molar-refractivity contribution in [3.63, 3.8) is 0 Å². The minimum atomic E-state index is 0.692. The van der Waals surface area contributed by atoms with Crippen molar-refractivity contribution < 1.29 is 0 Å². The van der Waals surface area contributed by atoms with Crippen LogP contribution in [0.25, 0.3) is 60.0 Å². The number of para-hydroxylation sites is 1. The summed E-state index contributed by atoms with van der Waals surface area (Å²) in [6.45, 7) is 2.10. The molecule has 0 bridgehead atoms. The molecule has 2 aromatic heterocycles. The first-order valence-electron chi connectivity index (χ1n) is 10.8. The van der Waals surface area contributed by atoms with E-state index in [4.69, 9.17) is 0 Å². The van der Waals surface area contributed by atoms with Crippen LogP contribution in [0.4, 0.5) is 0 Å².